The maximum Gasteiger partial charge on any atom is 0.138 e. The third-order valence-electron chi connectivity index (χ3n) is 4.87. The molecule has 1 fully saturated rings. The van der Waals surface area contributed by atoms with E-state index in [0.717, 1.165) is 12.2 Å². The molecule has 0 bridgehead atoms. The van der Waals surface area contributed by atoms with Crippen LogP contribution in [0.3, 0.4) is 0 Å². The average Bonchev–Trinajstić information content (AvgIpc) is 2.93. The Morgan fingerprint density at radius 1 is 1.24 bits per heavy atom. The van der Waals surface area contributed by atoms with Crippen molar-refractivity contribution in [1.29, 1.82) is 0 Å². The van der Waals surface area contributed by atoms with E-state index < -0.39 is 0 Å². The van der Waals surface area contributed by atoms with Crippen molar-refractivity contribution < 1.29 is 0 Å². The molecule has 0 radical (unpaired) electrons. The minimum Gasteiger partial charge on any atom is -0.317 e. The highest BCUT2D eigenvalue weighted by Crippen LogP contribution is 2.37. The molecule has 0 amide bonds. The molecule has 1 aromatic carbocycles. The molecule has 1 aliphatic carbocycles. The molecule has 3 unspecified atom stereocenters. The predicted octanol–water partition coefficient (Wildman–Crippen LogP) is 2.53. The zero-order valence-corrected chi connectivity index (χ0v) is 12.9. The molecular weight excluding hydrogens is 260 g/mol. The van der Waals surface area contributed by atoms with Crippen LogP contribution in [0.25, 0.3) is 0 Å². The molecule has 1 aliphatic rings. The van der Waals surface area contributed by atoms with E-state index in [1.54, 1.807) is 6.33 Å². The van der Waals surface area contributed by atoms with E-state index in [9.17, 15) is 0 Å². The van der Waals surface area contributed by atoms with Gasteiger partial charge < -0.3 is 5.32 Å². The fourth-order valence-electron chi connectivity index (χ4n) is 3.64. The minimum absolute atomic E-state index is 0.585. The summed E-state index contributed by atoms with van der Waals surface area (Å²) < 4.78 is 1.90. The monoisotopic (exact) mass is 284 g/mol. The molecule has 3 atom stereocenters. The van der Waals surface area contributed by atoms with Gasteiger partial charge in [0.05, 0.1) is 0 Å². The Morgan fingerprint density at radius 3 is 2.71 bits per heavy atom. The lowest BCUT2D eigenvalue weighted by Gasteiger charge is -2.36. The second kappa shape index (κ2) is 6.39. The van der Waals surface area contributed by atoms with Crippen LogP contribution in [0, 0.1) is 5.92 Å². The van der Waals surface area contributed by atoms with Crippen molar-refractivity contribution in [3.63, 3.8) is 0 Å². The van der Waals surface area contributed by atoms with Crippen LogP contribution in [-0.2, 0) is 13.5 Å². The Bertz CT molecular complexity index is 563. The first-order valence-corrected chi connectivity index (χ1v) is 7.83. The third-order valence-corrected chi connectivity index (χ3v) is 4.87. The van der Waals surface area contributed by atoms with Gasteiger partial charge >= 0.3 is 0 Å². The molecule has 1 heterocycles. The van der Waals surface area contributed by atoms with Crippen molar-refractivity contribution >= 4 is 0 Å². The number of benzene rings is 1. The zero-order valence-electron chi connectivity index (χ0n) is 12.9. The van der Waals surface area contributed by atoms with Crippen LogP contribution < -0.4 is 5.32 Å². The number of hydrogen-bond acceptors (Lipinski definition) is 3. The van der Waals surface area contributed by atoms with Gasteiger partial charge in [-0.1, -0.05) is 30.3 Å². The van der Waals surface area contributed by atoms with Gasteiger partial charge in [-0.05, 0) is 43.7 Å². The molecule has 0 spiro atoms. The smallest absolute Gasteiger partial charge is 0.138 e. The van der Waals surface area contributed by atoms with Gasteiger partial charge in [0, 0.05) is 19.5 Å². The van der Waals surface area contributed by atoms with Crippen LogP contribution in [-0.4, -0.2) is 27.9 Å². The largest absolute Gasteiger partial charge is 0.317 e. The van der Waals surface area contributed by atoms with E-state index in [1.807, 2.05) is 11.7 Å². The van der Waals surface area contributed by atoms with Crippen molar-refractivity contribution in [2.24, 2.45) is 13.0 Å². The van der Waals surface area contributed by atoms with Crippen LogP contribution >= 0.6 is 0 Å². The molecule has 3 rings (SSSR count). The maximum absolute atomic E-state index is 4.40. The first-order valence-electron chi connectivity index (χ1n) is 7.83. The number of aryl methyl sites for hydroxylation is 1. The Morgan fingerprint density at radius 2 is 2.05 bits per heavy atom. The lowest BCUT2D eigenvalue weighted by atomic mass is 9.74. The quantitative estimate of drug-likeness (QED) is 0.938. The number of rotatable bonds is 4. The summed E-state index contributed by atoms with van der Waals surface area (Å²) in [5, 5.41) is 7.70. The van der Waals surface area contributed by atoms with Gasteiger partial charge in [0.25, 0.3) is 0 Å². The van der Waals surface area contributed by atoms with E-state index in [1.165, 1.54) is 24.8 Å². The zero-order chi connectivity index (χ0) is 14.7. The fraction of sp³-hybridized carbons (Fsp3) is 0.529. The Kier molecular flexibility index (Phi) is 4.34. The van der Waals surface area contributed by atoms with Crippen molar-refractivity contribution in [1.82, 2.24) is 20.1 Å². The third kappa shape index (κ3) is 3.16. The van der Waals surface area contributed by atoms with Crippen LogP contribution in [0.1, 0.15) is 36.6 Å². The van der Waals surface area contributed by atoms with Gasteiger partial charge in [-0.2, -0.15) is 5.10 Å². The summed E-state index contributed by atoms with van der Waals surface area (Å²) in [5.74, 6) is 2.39. The van der Waals surface area contributed by atoms with Crippen LogP contribution in [0.15, 0.2) is 36.7 Å². The molecule has 4 heteroatoms. The van der Waals surface area contributed by atoms with Gasteiger partial charge in [0.15, 0.2) is 0 Å². The Labute approximate surface area is 126 Å². The standard InChI is InChI=1S/C17H24N4/c1-18-16-9-8-14(13-6-4-3-5-7-13)10-15(16)11-17-19-12-20-21(17)2/h3-7,12,14-16,18H,8-11H2,1-2H3. The van der Waals surface area contributed by atoms with Gasteiger partial charge in [-0.15, -0.1) is 0 Å². The Balaban J connectivity index is 1.74. The van der Waals surface area contributed by atoms with E-state index in [2.05, 4.69) is 52.8 Å². The molecule has 2 aromatic rings. The summed E-state index contributed by atoms with van der Waals surface area (Å²) in [6.45, 7) is 0. The SMILES string of the molecule is CNC1CCC(c2ccccc2)CC1Cc1ncnn1C. The van der Waals surface area contributed by atoms with E-state index >= 15 is 0 Å². The van der Waals surface area contributed by atoms with Crippen molar-refractivity contribution in [2.45, 2.75) is 37.6 Å². The van der Waals surface area contributed by atoms with Gasteiger partial charge in [-0.3, -0.25) is 4.68 Å². The van der Waals surface area contributed by atoms with E-state index in [4.69, 9.17) is 0 Å². The van der Waals surface area contributed by atoms with Crippen LogP contribution in [0.4, 0.5) is 0 Å². The highest BCUT2D eigenvalue weighted by molar-refractivity contribution is 5.20. The summed E-state index contributed by atoms with van der Waals surface area (Å²) >= 11 is 0. The average molecular weight is 284 g/mol. The lowest BCUT2D eigenvalue weighted by Crippen LogP contribution is -2.39. The van der Waals surface area contributed by atoms with Crippen LogP contribution in [0.2, 0.25) is 0 Å². The second-order valence-corrected chi connectivity index (χ2v) is 6.08. The summed E-state index contributed by atoms with van der Waals surface area (Å²) in [4.78, 5) is 4.40. The molecule has 4 nitrogen and oxygen atoms in total. The summed E-state index contributed by atoms with van der Waals surface area (Å²) in [6, 6.07) is 11.5. The molecule has 1 N–H and O–H groups in total. The van der Waals surface area contributed by atoms with Gasteiger partial charge in [-0.25, -0.2) is 4.98 Å². The normalized spacial score (nSPS) is 25.9. The summed E-state index contributed by atoms with van der Waals surface area (Å²) in [7, 11) is 4.06. The Hall–Kier alpha value is -1.68. The second-order valence-electron chi connectivity index (χ2n) is 6.08. The molecular formula is C17H24N4. The fourth-order valence-corrected chi connectivity index (χ4v) is 3.64. The number of nitrogens with one attached hydrogen (secondary N) is 1. The molecule has 0 saturated heterocycles. The highest BCUT2D eigenvalue weighted by atomic mass is 15.3. The number of nitrogens with zero attached hydrogens (tertiary/aromatic N) is 3. The molecule has 0 aliphatic heterocycles. The number of aromatic nitrogens is 3. The molecule has 1 aromatic heterocycles. The minimum atomic E-state index is 0.585. The van der Waals surface area contributed by atoms with Gasteiger partial charge in [0.1, 0.15) is 12.2 Å². The lowest BCUT2D eigenvalue weighted by molar-refractivity contribution is 0.243. The van der Waals surface area contributed by atoms with E-state index in [-0.39, 0.29) is 0 Å². The first kappa shape index (κ1) is 14.3. The maximum atomic E-state index is 4.40. The van der Waals surface area contributed by atoms with Gasteiger partial charge in [0.2, 0.25) is 0 Å². The summed E-state index contributed by atoms with van der Waals surface area (Å²) in [5.41, 5.74) is 1.48. The molecule has 1 saturated carbocycles. The molecule has 21 heavy (non-hydrogen) atoms. The summed E-state index contributed by atoms with van der Waals surface area (Å²) in [6.07, 6.45) is 6.39. The predicted molar refractivity (Wildman–Crippen MR) is 84.1 cm³/mol. The topological polar surface area (TPSA) is 42.7 Å². The number of hydrogen-bond donors (Lipinski definition) is 1. The van der Waals surface area contributed by atoms with E-state index in [0.29, 0.717) is 17.9 Å². The van der Waals surface area contributed by atoms with Crippen LogP contribution in [0.5, 0.6) is 0 Å². The molecule has 112 valence electrons. The van der Waals surface area contributed by atoms with Crippen molar-refractivity contribution in [2.75, 3.05) is 7.05 Å². The highest BCUT2D eigenvalue weighted by Gasteiger charge is 2.31. The van der Waals surface area contributed by atoms with Crippen molar-refractivity contribution in [3.8, 4) is 0 Å². The van der Waals surface area contributed by atoms with Crippen molar-refractivity contribution in [3.05, 3.63) is 48.0 Å². The first-order chi connectivity index (χ1) is 10.3.